The molecule has 2 aromatic carbocycles. The number of carbonyl (C=O) groups excluding carboxylic acids is 2. The molecule has 7 heteroatoms. The fourth-order valence-corrected chi connectivity index (χ4v) is 2.30. The minimum absolute atomic E-state index is 0.183. The topological polar surface area (TPSA) is 83.4 Å². The summed E-state index contributed by atoms with van der Waals surface area (Å²) in [6, 6.07) is 14.5. The normalized spacial score (nSPS) is 9.68. The molecule has 146 valence electrons. The number of hydrogen-bond acceptors (Lipinski definition) is 7. The number of ether oxygens (including phenoxy) is 3. The second-order valence-electron chi connectivity index (χ2n) is 5.46. The Kier molecular flexibility index (Phi) is 7.81. The van der Waals surface area contributed by atoms with Crippen LogP contribution in [0.2, 0.25) is 0 Å². The first-order valence-electron chi connectivity index (χ1n) is 8.52. The SMILES string of the molecule is CCOC(=C=O)C(=O)CON=C(c1ccc(OC)cc1)c1ccc(OC)cc1. The maximum absolute atomic E-state index is 11.9. The summed E-state index contributed by atoms with van der Waals surface area (Å²) >= 11 is 0. The highest BCUT2D eigenvalue weighted by atomic mass is 16.6. The average Bonchev–Trinajstić information content (AvgIpc) is 2.75. The Morgan fingerprint density at radius 1 is 0.929 bits per heavy atom. The zero-order valence-electron chi connectivity index (χ0n) is 15.9. The number of hydrogen-bond donors (Lipinski definition) is 0. The van der Waals surface area contributed by atoms with Crippen molar-refractivity contribution in [1.82, 2.24) is 0 Å². The summed E-state index contributed by atoms with van der Waals surface area (Å²) in [5.41, 5.74) is 2.02. The van der Waals surface area contributed by atoms with Gasteiger partial charge in [0.15, 0.2) is 12.5 Å². The van der Waals surface area contributed by atoms with E-state index in [0.29, 0.717) is 17.2 Å². The van der Waals surface area contributed by atoms with E-state index in [1.807, 2.05) is 24.3 Å². The average molecular weight is 383 g/mol. The maximum atomic E-state index is 11.9. The van der Waals surface area contributed by atoms with Crippen LogP contribution < -0.4 is 9.47 Å². The van der Waals surface area contributed by atoms with Crippen molar-refractivity contribution >= 4 is 17.4 Å². The highest BCUT2D eigenvalue weighted by molar-refractivity contribution is 6.12. The van der Waals surface area contributed by atoms with Crippen LogP contribution in [-0.2, 0) is 19.2 Å². The quantitative estimate of drug-likeness (QED) is 0.206. The third kappa shape index (κ3) is 5.46. The minimum atomic E-state index is -0.635. The lowest BCUT2D eigenvalue weighted by atomic mass is 10.0. The van der Waals surface area contributed by atoms with E-state index in [-0.39, 0.29) is 6.61 Å². The van der Waals surface area contributed by atoms with Crippen molar-refractivity contribution in [3.05, 3.63) is 65.4 Å². The Labute approximate surface area is 163 Å². The predicted octanol–water partition coefficient (Wildman–Crippen LogP) is 2.79. The van der Waals surface area contributed by atoms with Crippen LogP contribution in [0.3, 0.4) is 0 Å². The van der Waals surface area contributed by atoms with Crippen molar-refractivity contribution in [3.8, 4) is 11.5 Å². The van der Waals surface area contributed by atoms with Gasteiger partial charge in [-0.15, -0.1) is 0 Å². The van der Waals surface area contributed by atoms with E-state index in [9.17, 15) is 9.59 Å². The van der Waals surface area contributed by atoms with Gasteiger partial charge >= 0.3 is 0 Å². The zero-order chi connectivity index (χ0) is 20.4. The van der Waals surface area contributed by atoms with Crippen LogP contribution in [0.1, 0.15) is 18.1 Å². The van der Waals surface area contributed by atoms with Crippen LogP contribution in [0.25, 0.3) is 0 Å². The standard InChI is InChI=1S/C21H21NO6/c1-4-27-20(13-23)19(24)14-28-22-21(15-5-9-17(25-2)10-6-15)16-7-11-18(26-3)12-8-16/h5-12H,4,14H2,1-3H3. The van der Waals surface area contributed by atoms with Crippen molar-refractivity contribution in [1.29, 1.82) is 0 Å². The highest BCUT2D eigenvalue weighted by Gasteiger charge is 2.14. The summed E-state index contributed by atoms with van der Waals surface area (Å²) in [6.45, 7) is 1.40. The number of oxime groups is 1. The third-order valence-corrected chi connectivity index (χ3v) is 3.71. The molecule has 0 N–H and O–H groups in total. The van der Waals surface area contributed by atoms with Crippen LogP contribution in [-0.4, -0.2) is 44.9 Å². The molecule has 0 radical (unpaired) electrons. The maximum Gasteiger partial charge on any atom is 0.251 e. The van der Waals surface area contributed by atoms with E-state index >= 15 is 0 Å². The van der Waals surface area contributed by atoms with Crippen LogP contribution in [0.4, 0.5) is 0 Å². The number of rotatable bonds is 10. The van der Waals surface area contributed by atoms with E-state index in [1.165, 1.54) is 5.94 Å². The molecule has 0 aliphatic heterocycles. The molecular weight excluding hydrogens is 362 g/mol. The number of carbonyl (C=O) groups is 1. The molecule has 2 rings (SSSR count). The van der Waals surface area contributed by atoms with Gasteiger partial charge in [-0.25, -0.2) is 4.79 Å². The second-order valence-corrected chi connectivity index (χ2v) is 5.46. The Hall–Kier alpha value is -3.57. The van der Waals surface area contributed by atoms with E-state index in [1.54, 1.807) is 45.4 Å². The summed E-state index contributed by atoms with van der Waals surface area (Å²) in [5.74, 6) is 1.83. The van der Waals surface area contributed by atoms with Gasteiger partial charge in [-0.05, 0) is 55.5 Å². The molecule has 0 fully saturated rings. The monoisotopic (exact) mass is 383 g/mol. The number of methoxy groups -OCH3 is 2. The number of benzene rings is 2. The molecule has 0 bridgehead atoms. The molecule has 0 aliphatic rings. The largest absolute Gasteiger partial charge is 0.497 e. The van der Waals surface area contributed by atoms with Crippen molar-refractivity contribution in [2.75, 3.05) is 27.4 Å². The van der Waals surface area contributed by atoms with Gasteiger partial charge in [-0.1, -0.05) is 5.16 Å². The smallest absolute Gasteiger partial charge is 0.251 e. The molecule has 2 aromatic rings. The lowest BCUT2D eigenvalue weighted by Gasteiger charge is -2.09. The molecule has 0 saturated heterocycles. The van der Waals surface area contributed by atoms with E-state index in [2.05, 4.69) is 5.16 Å². The lowest BCUT2D eigenvalue weighted by Crippen LogP contribution is -2.14. The molecule has 0 aromatic heterocycles. The summed E-state index contributed by atoms with van der Waals surface area (Å²) in [5, 5.41) is 4.11. The van der Waals surface area contributed by atoms with Gasteiger partial charge in [-0.2, -0.15) is 0 Å². The molecule has 0 amide bonds. The third-order valence-electron chi connectivity index (χ3n) is 3.71. The van der Waals surface area contributed by atoms with Crippen molar-refractivity contribution in [2.45, 2.75) is 6.92 Å². The van der Waals surface area contributed by atoms with Crippen LogP contribution in [0, 0.1) is 0 Å². The molecule has 0 aliphatic carbocycles. The van der Waals surface area contributed by atoms with Crippen molar-refractivity contribution in [3.63, 3.8) is 0 Å². The first-order valence-corrected chi connectivity index (χ1v) is 8.52. The number of ketones is 1. The summed E-state index contributed by atoms with van der Waals surface area (Å²) in [6.07, 6.45) is 0. The van der Waals surface area contributed by atoms with Crippen LogP contribution in [0.15, 0.2) is 59.4 Å². The summed E-state index contributed by atoms with van der Waals surface area (Å²) in [4.78, 5) is 27.9. The fraction of sp³-hybridized carbons (Fsp3) is 0.238. The van der Waals surface area contributed by atoms with Gasteiger partial charge in [-0.3, -0.25) is 4.79 Å². The van der Waals surface area contributed by atoms with E-state index < -0.39 is 18.1 Å². The Morgan fingerprint density at radius 3 is 1.82 bits per heavy atom. The molecule has 28 heavy (non-hydrogen) atoms. The predicted molar refractivity (Wildman–Crippen MR) is 103 cm³/mol. The van der Waals surface area contributed by atoms with Gasteiger partial charge in [0.2, 0.25) is 5.78 Å². The van der Waals surface area contributed by atoms with E-state index in [0.717, 1.165) is 11.1 Å². The molecule has 0 atom stereocenters. The second kappa shape index (κ2) is 10.5. The first kappa shape index (κ1) is 20.7. The Bertz CT molecular complexity index is 815. The van der Waals surface area contributed by atoms with Gasteiger partial charge in [0.1, 0.15) is 17.2 Å². The van der Waals surface area contributed by atoms with E-state index in [4.69, 9.17) is 19.0 Å². The Balaban J connectivity index is 2.27. The summed E-state index contributed by atoms with van der Waals surface area (Å²) < 4.78 is 15.3. The van der Waals surface area contributed by atoms with Gasteiger partial charge in [0.05, 0.1) is 20.8 Å². The number of Topliss-reactive ketones (excluding diaryl/α,β-unsaturated/α-hetero) is 1. The molecule has 0 unspecified atom stereocenters. The molecular formula is C21H21NO6. The fourth-order valence-electron chi connectivity index (χ4n) is 2.30. The van der Waals surface area contributed by atoms with Gasteiger partial charge in [0.25, 0.3) is 5.76 Å². The zero-order valence-corrected chi connectivity index (χ0v) is 15.9. The van der Waals surface area contributed by atoms with Crippen LogP contribution in [0.5, 0.6) is 11.5 Å². The Morgan fingerprint density at radius 2 is 1.43 bits per heavy atom. The molecule has 0 saturated carbocycles. The van der Waals surface area contributed by atoms with Crippen molar-refractivity contribution in [2.24, 2.45) is 5.16 Å². The van der Waals surface area contributed by atoms with Gasteiger partial charge < -0.3 is 19.0 Å². The van der Waals surface area contributed by atoms with Crippen molar-refractivity contribution < 1.29 is 28.6 Å². The van der Waals surface area contributed by atoms with Gasteiger partial charge in [0, 0.05) is 11.1 Å². The molecule has 7 nitrogen and oxygen atoms in total. The summed E-state index contributed by atoms with van der Waals surface area (Å²) in [7, 11) is 3.16. The molecule has 0 heterocycles. The lowest BCUT2D eigenvalue weighted by molar-refractivity contribution is -0.123. The van der Waals surface area contributed by atoms with Crippen LogP contribution >= 0.6 is 0 Å². The first-order chi connectivity index (χ1) is 13.6. The minimum Gasteiger partial charge on any atom is -0.497 e. The highest BCUT2D eigenvalue weighted by Crippen LogP contribution is 2.18. The molecule has 0 spiro atoms. The number of nitrogens with zero attached hydrogens (tertiary/aromatic N) is 1.